The Hall–Kier alpha value is 0.160. The fourth-order valence-corrected chi connectivity index (χ4v) is 2.49. The highest BCUT2D eigenvalue weighted by Crippen LogP contribution is 2.44. The van der Waals surface area contributed by atoms with Crippen molar-refractivity contribution in [2.75, 3.05) is 24.8 Å². The standard InChI is InChI=1S/C7H14ClNO3S/c8-3-4-13(11,12)9-5-7(6-10)1-2-7/h9-10H,1-6H2. The number of aliphatic hydroxyl groups is 1. The van der Waals surface area contributed by atoms with E-state index in [0.717, 1.165) is 12.8 Å². The van der Waals surface area contributed by atoms with Crippen molar-refractivity contribution >= 4 is 21.6 Å². The van der Waals surface area contributed by atoms with E-state index in [1.165, 1.54) is 0 Å². The van der Waals surface area contributed by atoms with Crippen molar-refractivity contribution in [3.05, 3.63) is 0 Å². The smallest absolute Gasteiger partial charge is 0.212 e. The fraction of sp³-hybridized carbons (Fsp3) is 1.00. The molecule has 6 heteroatoms. The average Bonchev–Trinajstić information content (AvgIpc) is 2.82. The van der Waals surface area contributed by atoms with E-state index in [4.69, 9.17) is 16.7 Å². The molecule has 0 saturated heterocycles. The summed E-state index contributed by atoms with van der Waals surface area (Å²) in [6.07, 6.45) is 1.79. The fourth-order valence-electron chi connectivity index (χ4n) is 1.00. The number of hydrogen-bond donors (Lipinski definition) is 2. The van der Waals surface area contributed by atoms with Crippen LogP contribution in [-0.4, -0.2) is 38.3 Å². The van der Waals surface area contributed by atoms with Crippen molar-refractivity contribution in [2.45, 2.75) is 12.8 Å². The first kappa shape index (κ1) is 11.2. The van der Waals surface area contributed by atoms with Crippen LogP contribution in [0.1, 0.15) is 12.8 Å². The van der Waals surface area contributed by atoms with E-state index in [2.05, 4.69) is 4.72 Å². The van der Waals surface area contributed by atoms with Gasteiger partial charge in [0, 0.05) is 24.4 Å². The molecule has 0 unspecified atom stereocenters. The van der Waals surface area contributed by atoms with Gasteiger partial charge in [0.2, 0.25) is 10.0 Å². The van der Waals surface area contributed by atoms with E-state index >= 15 is 0 Å². The number of sulfonamides is 1. The molecule has 2 N–H and O–H groups in total. The Kier molecular flexibility index (Phi) is 3.57. The highest BCUT2D eigenvalue weighted by molar-refractivity contribution is 7.89. The van der Waals surface area contributed by atoms with Crippen LogP contribution >= 0.6 is 11.6 Å². The van der Waals surface area contributed by atoms with Gasteiger partial charge in [-0.1, -0.05) is 0 Å². The number of halogens is 1. The second-order valence-corrected chi connectivity index (χ2v) is 5.79. The molecular formula is C7H14ClNO3S. The van der Waals surface area contributed by atoms with Gasteiger partial charge in [-0.05, 0) is 12.8 Å². The third kappa shape index (κ3) is 3.42. The quantitative estimate of drug-likeness (QED) is 0.624. The van der Waals surface area contributed by atoms with Gasteiger partial charge in [0.05, 0.1) is 5.75 Å². The molecule has 4 nitrogen and oxygen atoms in total. The van der Waals surface area contributed by atoms with E-state index in [-0.39, 0.29) is 23.7 Å². The van der Waals surface area contributed by atoms with Crippen molar-refractivity contribution in [3.8, 4) is 0 Å². The zero-order chi connectivity index (χ0) is 9.95. The van der Waals surface area contributed by atoms with Gasteiger partial charge < -0.3 is 5.11 Å². The predicted octanol–water partition coefficient (Wildman–Crippen LogP) is -0.0829. The Morgan fingerprint density at radius 1 is 1.46 bits per heavy atom. The third-order valence-electron chi connectivity index (χ3n) is 2.31. The summed E-state index contributed by atoms with van der Waals surface area (Å²) in [6, 6.07) is 0. The molecular weight excluding hydrogens is 214 g/mol. The normalized spacial score (nSPS) is 20.2. The molecule has 0 aromatic heterocycles. The summed E-state index contributed by atoms with van der Waals surface area (Å²) in [4.78, 5) is 0. The summed E-state index contributed by atoms with van der Waals surface area (Å²) in [6.45, 7) is 0.388. The Morgan fingerprint density at radius 2 is 2.08 bits per heavy atom. The largest absolute Gasteiger partial charge is 0.396 e. The number of alkyl halides is 1. The molecule has 1 saturated carbocycles. The van der Waals surface area contributed by atoms with Gasteiger partial charge in [-0.2, -0.15) is 0 Å². The van der Waals surface area contributed by atoms with E-state index in [9.17, 15) is 8.42 Å². The maximum atomic E-state index is 11.1. The molecule has 1 rings (SSSR count). The minimum atomic E-state index is -3.23. The molecule has 0 bridgehead atoms. The molecule has 0 heterocycles. The Morgan fingerprint density at radius 3 is 2.46 bits per heavy atom. The minimum absolute atomic E-state index is 0.0520. The molecule has 1 fully saturated rings. The van der Waals surface area contributed by atoms with Gasteiger partial charge in [0.25, 0.3) is 0 Å². The maximum absolute atomic E-state index is 11.1. The molecule has 0 aliphatic heterocycles. The van der Waals surface area contributed by atoms with Gasteiger partial charge in [-0.15, -0.1) is 11.6 Å². The van der Waals surface area contributed by atoms with Gasteiger partial charge in [-0.3, -0.25) is 0 Å². The third-order valence-corrected chi connectivity index (χ3v) is 4.04. The van der Waals surface area contributed by atoms with E-state index in [0.29, 0.717) is 6.54 Å². The molecule has 1 aliphatic rings. The second kappa shape index (κ2) is 4.13. The molecule has 0 spiro atoms. The Bertz CT molecular complexity index is 261. The monoisotopic (exact) mass is 227 g/mol. The molecule has 0 amide bonds. The lowest BCUT2D eigenvalue weighted by molar-refractivity contribution is 0.213. The van der Waals surface area contributed by atoms with Gasteiger partial charge in [0.1, 0.15) is 0 Å². The summed E-state index contributed by atoms with van der Waals surface area (Å²) in [5, 5.41) is 8.92. The van der Waals surface area contributed by atoms with Crippen LogP contribution in [0.25, 0.3) is 0 Å². The summed E-state index contributed by atoms with van der Waals surface area (Å²) in [5.74, 6) is 0.0392. The van der Waals surface area contributed by atoms with Crippen LogP contribution < -0.4 is 4.72 Å². The SMILES string of the molecule is O=S(=O)(CCCl)NCC1(CO)CC1. The second-order valence-electron chi connectivity index (χ2n) is 3.49. The van der Waals surface area contributed by atoms with Crippen LogP contribution in [0.5, 0.6) is 0 Å². The van der Waals surface area contributed by atoms with E-state index in [1.54, 1.807) is 0 Å². The van der Waals surface area contributed by atoms with Gasteiger partial charge in [0.15, 0.2) is 0 Å². The van der Waals surface area contributed by atoms with Crippen LogP contribution in [0.4, 0.5) is 0 Å². The molecule has 1 aliphatic carbocycles. The maximum Gasteiger partial charge on any atom is 0.212 e. The lowest BCUT2D eigenvalue weighted by Crippen LogP contribution is -2.33. The van der Waals surface area contributed by atoms with Gasteiger partial charge >= 0.3 is 0 Å². The number of aliphatic hydroxyl groups excluding tert-OH is 1. The van der Waals surface area contributed by atoms with Crippen molar-refractivity contribution in [1.82, 2.24) is 4.72 Å². The lowest BCUT2D eigenvalue weighted by Gasteiger charge is -2.12. The zero-order valence-electron chi connectivity index (χ0n) is 7.29. The average molecular weight is 228 g/mol. The Labute approximate surface area is 83.3 Å². The van der Waals surface area contributed by atoms with Crippen LogP contribution in [-0.2, 0) is 10.0 Å². The topological polar surface area (TPSA) is 66.4 Å². The van der Waals surface area contributed by atoms with Crippen LogP contribution in [0.15, 0.2) is 0 Å². The summed E-state index contributed by atoms with van der Waals surface area (Å²) in [5.41, 5.74) is -0.181. The first-order valence-electron chi connectivity index (χ1n) is 4.18. The molecule has 0 aromatic rings. The number of nitrogens with one attached hydrogen (secondary N) is 1. The molecule has 0 radical (unpaired) electrons. The summed E-state index contributed by atoms with van der Waals surface area (Å²) >= 11 is 5.32. The van der Waals surface area contributed by atoms with Gasteiger partial charge in [-0.25, -0.2) is 13.1 Å². The predicted molar refractivity (Wildman–Crippen MR) is 51.3 cm³/mol. The molecule has 78 valence electrons. The summed E-state index contributed by atoms with van der Waals surface area (Å²) < 4.78 is 24.7. The van der Waals surface area contributed by atoms with E-state index in [1.807, 2.05) is 0 Å². The molecule has 0 atom stereocenters. The minimum Gasteiger partial charge on any atom is -0.396 e. The van der Waals surface area contributed by atoms with E-state index < -0.39 is 10.0 Å². The highest BCUT2D eigenvalue weighted by Gasteiger charge is 2.42. The highest BCUT2D eigenvalue weighted by atomic mass is 35.5. The lowest BCUT2D eigenvalue weighted by atomic mass is 10.1. The van der Waals surface area contributed by atoms with Crippen LogP contribution in [0.2, 0.25) is 0 Å². The first-order chi connectivity index (χ1) is 6.04. The molecule has 0 aromatic carbocycles. The number of rotatable bonds is 6. The zero-order valence-corrected chi connectivity index (χ0v) is 8.86. The van der Waals surface area contributed by atoms with Crippen LogP contribution in [0.3, 0.4) is 0 Å². The van der Waals surface area contributed by atoms with Crippen molar-refractivity contribution in [2.24, 2.45) is 5.41 Å². The number of hydrogen-bond acceptors (Lipinski definition) is 3. The van der Waals surface area contributed by atoms with Crippen molar-refractivity contribution < 1.29 is 13.5 Å². The van der Waals surface area contributed by atoms with Crippen molar-refractivity contribution in [3.63, 3.8) is 0 Å². The first-order valence-corrected chi connectivity index (χ1v) is 6.36. The van der Waals surface area contributed by atoms with Crippen LogP contribution in [0, 0.1) is 5.41 Å². The summed E-state index contributed by atoms with van der Waals surface area (Å²) in [7, 11) is -3.23. The van der Waals surface area contributed by atoms with Crippen molar-refractivity contribution in [1.29, 1.82) is 0 Å². The Balaban J connectivity index is 2.33. The molecule has 13 heavy (non-hydrogen) atoms.